The van der Waals surface area contributed by atoms with Gasteiger partial charge in [0.25, 0.3) is 5.91 Å². The Kier molecular flexibility index (Phi) is 5.11. The van der Waals surface area contributed by atoms with Crippen LogP contribution in [-0.2, 0) is 6.42 Å². The fraction of sp³-hybridized carbons (Fsp3) is 0.286. The van der Waals surface area contributed by atoms with E-state index in [1.165, 1.54) is 7.11 Å². The number of aromatic nitrogens is 3. The Labute approximate surface area is 132 Å². The van der Waals surface area contributed by atoms with Crippen LogP contribution in [0, 0.1) is 0 Å². The van der Waals surface area contributed by atoms with E-state index < -0.39 is 5.91 Å². The molecular formula is C14H16ClN5O2. The number of ether oxygens (including phenoxy) is 1. The number of aryl methyl sites for hydroxylation is 1. The third-order valence-corrected chi connectivity index (χ3v) is 3.15. The molecule has 0 saturated carbocycles. The van der Waals surface area contributed by atoms with E-state index in [-0.39, 0.29) is 16.7 Å². The first-order valence-electron chi connectivity index (χ1n) is 6.67. The molecule has 116 valence electrons. The fourth-order valence-corrected chi connectivity index (χ4v) is 2.06. The summed E-state index contributed by atoms with van der Waals surface area (Å²) in [6.45, 7) is 1.98. The van der Waals surface area contributed by atoms with Crippen molar-refractivity contribution in [2.75, 3.05) is 12.4 Å². The molecule has 0 bridgehead atoms. The van der Waals surface area contributed by atoms with Crippen molar-refractivity contribution in [2.24, 2.45) is 5.73 Å². The number of nitrogens with two attached hydrogens (primary N) is 1. The maximum Gasteiger partial charge on any atom is 0.271 e. The minimum atomic E-state index is -0.681. The Balaban J connectivity index is 2.40. The molecule has 0 radical (unpaired) electrons. The highest BCUT2D eigenvalue weighted by atomic mass is 35.5. The topological polar surface area (TPSA) is 103 Å². The number of amides is 1. The highest BCUT2D eigenvalue weighted by molar-refractivity contribution is 6.30. The van der Waals surface area contributed by atoms with Crippen LogP contribution in [0.5, 0.6) is 5.75 Å². The molecule has 22 heavy (non-hydrogen) atoms. The van der Waals surface area contributed by atoms with Gasteiger partial charge in [0.15, 0.2) is 16.7 Å². The Morgan fingerprint density at radius 1 is 1.41 bits per heavy atom. The van der Waals surface area contributed by atoms with Gasteiger partial charge in [-0.25, -0.2) is 9.97 Å². The van der Waals surface area contributed by atoms with Gasteiger partial charge in [-0.2, -0.15) is 0 Å². The number of primary amides is 1. The van der Waals surface area contributed by atoms with Crippen LogP contribution in [-0.4, -0.2) is 28.0 Å². The van der Waals surface area contributed by atoms with Crippen LogP contribution < -0.4 is 15.8 Å². The van der Waals surface area contributed by atoms with E-state index in [4.69, 9.17) is 22.1 Å². The molecule has 0 fully saturated rings. The highest BCUT2D eigenvalue weighted by Gasteiger charge is 2.16. The Bertz CT molecular complexity index is 693. The summed E-state index contributed by atoms with van der Waals surface area (Å²) in [5.41, 5.74) is 6.54. The largest absolute Gasteiger partial charge is 0.495 e. The van der Waals surface area contributed by atoms with Crippen molar-refractivity contribution < 1.29 is 9.53 Å². The molecule has 3 N–H and O–H groups in total. The number of methoxy groups -OCH3 is 1. The molecule has 0 aliphatic carbocycles. The van der Waals surface area contributed by atoms with Gasteiger partial charge in [-0.1, -0.05) is 24.9 Å². The predicted octanol–water partition coefficient (Wildman–Crippen LogP) is 2.33. The summed E-state index contributed by atoms with van der Waals surface area (Å²) >= 11 is 6.10. The van der Waals surface area contributed by atoms with E-state index in [0.29, 0.717) is 23.6 Å². The van der Waals surface area contributed by atoms with Crippen molar-refractivity contribution in [3.8, 4) is 5.75 Å². The van der Waals surface area contributed by atoms with Crippen LogP contribution in [0.4, 0.5) is 11.5 Å². The zero-order valence-electron chi connectivity index (χ0n) is 12.3. The normalized spacial score (nSPS) is 10.3. The lowest BCUT2D eigenvalue weighted by molar-refractivity contribution is 0.0996. The van der Waals surface area contributed by atoms with Gasteiger partial charge < -0.3 is 15.8 Å². The number of carbonyl (C=O) groups excluding carboxylic acids is 1. The van der Waals surface area contributed by atoms with Crippen LogP contribution in [0.25, 0.3) is 0 Å². The number of pyridine rings is 1. The third-order valence-electron chi connectivity index (χ3n) is 2.85. The van der Waals surface area contributed by atoms with E-state index in [9.17, 15) is 4.79 Å². The first-order valence-corrected chi connectivity index (χ1v) is 7.05. The number of nitrogens with one attached hydrogen (secondary N) is 1. The number of rotatable bonds is 6. The molecule has 8 heteroatoms. The fourth-order valence-electron chi connectivity index (χ4n) is 1.84. The van der Waals surface area contributed by atoms with Crippen LogP contribution in [0.1, 0.15) is 29.5 Å². The van der Waals surface area contributed by atoms with E-state index in [1.54, 1.807) is 18.5 Å². The molecule has 0 aliphatic rings. The summed E-state index contributed by atoms with van der Waals surface area (Å²) in [5, 5.41) is 3.18. The summed E-state index contributed by atoms with van der Waals surface area (Å²) < 4.78 is 5.09. The second-order valence-electron chi connectivity index (χ2n) is 4.51. The van der Waals surface area contributed by atoms with Crippen molar-refractivity contribution in [1.29, 1.82) is 0 Å². The second-order valence-corrected chi connectivity index (χ2v) is 4.87. The highest BCUT2D eigenvalue weighted by Crippen LogP contribution is 2.24. The molecule has 2 aromatic heterocycles. The van der Waals surface area contributed by atoms with E-state index in [2.05, 4.69) is 20.3 Å². The maximum atomic E-state index is 11.6. The summed E-state index contributed by atoms with van der Waals surface area (Å²) in [4.78, 5) is 24.0. The van der Waals surface area contributed by atoms with Gasteiger partial charge >= 0.3 is 0 Å². The van der Waals surface area contributed by atoms with E-state index >= 15 is 0 Å². The summed E-state index contributed by atoms with van der Waals surface area (Å²) in [5.74, 6) is 0.0690. The lowest BCUT2D eigenvalue weighted by Crippen LogP contribution is -2.18. The second kappa shape index (κ2) is 7.04. The number of halogens is 1. The zero-order chi connectivity index (χ0) is 16.1. The molecule has 7 nitrogen and oxygen atoms in total. The van der Waals surface area contributed by atoms with E-state index in [1.807, 2.05) is 6.92 Å². The van der Waals surface area contributed by atoms with Crippen molar-refractivity contribution in [3.05, 3.63) is 35.0 Å². The predicted molar refractivity (Wildman–Crippen MR) is 83.6 cm³/mol. The molecule has 0 spiro atoms. The van der Waals surface area contributed by atoms with Gasteiger partial charge in [-0.15, -0.1) is 0 Å². The smallest absolute Gasteiger partial charge is 0.271 e. The molecular weight excluding hydrogens is 306 g/mol. The van der Waals surface area contributed by atoms with Crippen molar-refractivity contribution in [2.45, 2.75) is 19.8 Å². The van der Waals surface area contributed by atoms with Crippen LogP contribution in [0.2, 0.25) is 5.15 Å². The van der Waals surface area contributed by atoms with Gasteiger partial charge in [-0.05, 0) is 6.42 Å². The number of hydrogen-bond acceptors (Lipinski definition) is 6. The molecule has 2 heterocycles. The quantitative estimate of drug-likeness (QED) is 0.846. The minimum Gasteiger partial charge on any atom is -0.495 e. The molecule has 0 unspecified atom stereocenters. The summed E-state index contributed by atoms with van der Waals surface area (Å²) in [6.07, 6.45) is 4.57. The average molecular weight is 322 g/mol. The van der Waals surface area contributed by atoms with Crippen molar-refractivity contribution in [3.63, 3.8) is 0 Å². The lowest BCUT2D eigenvalue weighted by Gasteiger charge is -2.11. The molecule has 0 aromatic carbocycles. The Morgan fingerprint density at radius 3 is 2.82 bits per heavy atom. The number of nitrogens with zero attached hydrogens (tertiary/aromatic N) is 3. The van der Waals surface area contributed by atoms with Gasteiger partial charge in [0.1, 0.15) is 5.75 Å². The third kappa shape index (κ3) is 3.62. The maximum absolute atomic E-state index is 11.6. The van der Waals surface area contributed by atoms with Crippen molar-refractivity contribution in [1.82, 2.24) is 15.0 Å². The van der Waals surface area contributed by atoms with Crippen LogP contribution in [0.3, 0.4) is 0 Å². The molecule has 0 atom stereocenters. The van der Waals surface area contributed by atoms with Gasteiger partial charge in [-0.3, -0.25) is 9.78 Å². The monoisotopic (exact) mass is 321 g/mol. The van der Waals surface area contributed by atoms with Gasteiger partial charge in [0.2, 0.25) is 0 Å². The number of carbonyl (C=O) groups is 1. The first-order chi connectivity index (χ1) is 10.5. The van der Waals surface area contributed by atoms with Crippen molar-refractivity contribution >= 4 is 29.0 Å². The number of anilines is 2. The molecule has 2 rings (SSSR count). The zero-order valence-corrected chi connectivity index (χ0v) is 13.0. The molecule has 2 aromatic rings. The van der Waals surface area contributed by atoms with Gasteiger partial charge in [0.05, 0.1) is 30.9 Å². The minimum absolute atomic E-state index is 0.0377. The molecule has 0 saturated heterocycles. The molecule has 0 aliphatic heterocycles. The SMILES string of the molecule is CCCc1nc(C(N)=O)c(Nc2cncc(OC)c2)nc1Cl. The number of hydrogen-bond donors (Lipinski definition) is 2. The Morgan fingerprint density at radius 2 is 2.18 bits per heavy atom. The summed E-state index contributed by atoms with van der Waals surface area (Å²) in [7, 11) is 1.53. The Hall–Kier alpha value is -2.41. The average Bonchev–Trinajstić information content (AvgIpc) is 2.50. The molecule has 1 amide bonds. The first kappa shape index (κ1) is 16.0. The summed E-state index contributed by atoms with van der Waals surface area (Å²) in [6, 6.07) is 1.70. The van der Waals surface area contributed by atoms with Crippen LogP contribution in [0.15, 0.2) is 18.5 Å². The van der Waals surface area contributed by atoms with Crippen LogP contribution >= 0.6 is 11.6 Å². The standard InChI is InChI=1S/C14H16ClN5O2/c1-3-4-10-12(15)20-14(11(19-10)13(16)21)18-8-5-9(22-2)7-17-6-8/h5-7H,3-4H2,1-2H3,(H2,16,21)(H,18,20). The van der Waals surface area contributed by atoms with Gasteiger partial charge in [0, 0.05) is 6.07 Å². The lowest BCUT2D eigenvalue weighted by atomic mass is 10.2. The van der Waals surface area contributed by atoms with E-state index in [0.717, 1.165) is 6.42 Å².